The molecule has 1 nitrogen and oxygen atoms in total. The van der Waals surface area contributed by atoms with Crippen molar-refractivity contribution in [3.63, 3.8) is 0 Å². The number of hydrogen-bond acceptors (Lipinski definition) is 1. The molecule has 13 heteroatoms. The molecule has 0 aliphatic heterocycles. The summed E-state index contributed by atoms with van der Waals surface area (Å²) in [5, 5.41) is 0. The Morgan fingerprint density at radius 3 is 1.43 bits per heavy atom. The molecule has 2 atom stereocenters. The van der Waals surface area contributed by atoms with Crippen LogP contribution in [0.25, 0.3) is 0 Å². The van der Waals surface area contributed by atoms with Gasteiger partial charge in [0.2, 0.25) is 0 Å². The summed E-state index contributed by atoms with van der Waals surface area (Å²) in [6.45, 7) is 0.152. The molecule has 0 aromatic carbocycles. The van der Waals surface area contributed by atoms with Gasteiger partial charge in [-0.2, -0.15) is 43.9 Å². The number of ether oxygens (including phenoxy) is 1. The van der Waals surface area contributed by atoms with Gasteiger partial charge >= 0.3 is 24.6 Å². The van der Waals surface area contributed by atoms with Gasteiger partial charge < -0.3 is 0 Å². The zero-order valence-electron chi connectivity index (χ0n) is 9.73. The van der Waals surface area contributed by atoms with Crippen molar-refractivity contribution in [1.82, 2.24) is 0 Å². The highest BCUT2D eigenvalue weighted by molar-refractivity contribution is 4.95. The van der Waals surface area contributed by atoms with Gasteiger partial charge in [-0.25, -0.2) is 13.5 Å². The minimum atomic E-state index is -6.46. The number of hydrogen-bond donors (Lipinski definition) is 0. The third-order valence-corrected chi connectivity index (χ3v) is 2.24. The van der Waals surface area contributed by atoms with Gasteiger partial charge in [0.05, 0.1) is 0 Å². The summed E-state index contributed by atoms with van der Waals surface area (Å²) in [7, 11) is 0. The fourth-order valence-electron chi connectivity index (χ4n) is 1.07. The lowest BCUT2D eigenvalue weighted by atomic mass is 10.0. The quantitative estimate of drug-likeness (QED) is 0.652. The summed E-state index contributed by atoms with van der Waals surface area (Å²) in [5.41, 5.74) is -5.73. The molecule has 2 unspecified atom stereocenters. The molecule has 0 aliphatic rings. The zero-order chi connectivity index (χ0) is 17.5. The van der Waals surface area contributed by atoms with Crippen LogP contribution in [0.4, 0.5) is 52.7 Å². The molecule has 0 aromatic heterocycles. The highest BCUT2D eigenvalue weighted by atomic mass is 19.4. The van der Waals surface area contributed by atoms with E-state index in [0.717, 1.165) is 0 Å². The van der Waals surface area contributed by atoms with Crippen molar-refractivity contribution in [1.29, 1.82) is 0 Å². The van der Waals surface area contributed by atoms with Crippen LogP contribution in [0.15, 0.2) is 0 Å². The molecule has 0 spiro atoms. The molecule has 21 heavy (non-hydrogen) atoms. The van der Waals surface area contributed by atoms with Crippen LogP contribution in [0.1, 0.15) is 13.3 Å². The van der Waals surface area contributed by atoms with Gasteiger partial charge in [0.25, 0.3) is 11.8 Å². The van der Waals surface area contributed by atoms with Crippen LogP contribution in [-0.4, -0.2) is 36.4 Å². The molecular weight excluding hydrogens is 340 g/mol. The van der Waals surface area contributed by atoms with Crippen molar-refractivity contribution in [2.24, 2.45) is 0 Å². The fourth-order valence-corrected chi connectivity index (χ4v) is 1.07. The van der Waals surface area contributed by atoms with Crippen molar-refractivity contribution < 1.29 is 57.4 Å². The van der Waals surface area contributed by atoms with Crippen LogP contribution in [-0.2, 0) is 4.74 Å². The van der Waals surface area contributed by atoms with E-state index in [1.165, 1.54) is 0 Å². The topological polar surface area (TPSA) is 9.23 Å². The van der Waals surface area contributed by atoms with E-state index < -0.39 is 42.8 Å². The molecule has 0 aromatic rings. The maximum absolute atomic E-state index is 13.2. The van der Waals surface area contributed by atoms with E-state index in [-0.39, 0.29) is 6.92 Å². The maximum atomic E-state index is 13.2. The van der Waals surface area contributed by atoms with Crippen molar-refractivity contribution in [3.8, 4) is 0 Å². The molecular formula is C8H6F12O. The number of rotatable bonds is 5. The number of halogens is 12. The molecule has 0 saturated heterocycles. The fraction of sp³-hybridized carbons (Fsp3) is 1.00. The van der Waals surface area contributed by atoms with Gasteiger partial charge in [-0.15, -0.1) is 0 Å². The Balaban J connectivity index is 5.56. The van der Waals surface area contributed by atoms with Gasteiger partial charge in [-0.1, -0.05) is 6.92 Å². The molecule has 0 saturated carbocycles. The maximum Gasteiger partial charge on any atom is 0.431 e. The Kier molecular flexibility index (Phi) is 5.17. The van der Waals surface area contributed by atoms with E-state index >= 15 is 0 Å². The Labute approximate surface area is 108 Å². The van der Waals surface area contributed by atoms with Crippen LogP contribution < -0.4 is 0 Å². The van der Waals surface area contributed by atoms with Gasteiger partial charge in [0, 0.05) is 0 Å². The van der Waals surface area contributed by atoms with E-state index in [0.29, 0.717) is 0 Å². The lowest BCUT2D eigenvalue weighted by Crippen LogP contribution is -2.60. The lowest BCUT2D eigenvalue weighted by Gasteiger charge is -2.36. The van der Waals surface area contributed by atoms with E-state index in [1.807, 2.05) is 4.74 Å². The van der Waals surface area contributed by atoms with Crippen molar-refractivity contribution >= 4 is 0 Å². The van der Waals surface area contributed by atoms with Crippen molar-refractivity contribution in [2.75, 3.05) is 0 Å². The highest BCUT2D eigenvalue weighted by Crippen LogP contribution is 2.51. The summed E-state index contributed by atoms with van der Waals surface area (Å²) >= 11 is 0. The van der Waals surface area contributed by atoms with E-state index in [9.17, 15) is 52.7 Å². The van der Waals surface area contributed by atoms with E-state index in [2.05, 4.69) is 0 Å². The predicted molar refractivity (Wildman–Crippen MR) is 42.1 cm³/mol. The van der Waals surface area contributed by atoms with Crippen LogP contribution in [0.5, 0.6) is 0 Å². The minimum absolute atomic E-state index is 0.152. The first-order valence-electron chi connectivity index (χ1n) is 4.84. The van der Waals surface area contributed by atoms with Gasteiger partial charge in [0.15, 0.2) is 0 Å². The first kappa shape index (κ1) is 20.1. The molecule has 0 bridgehead atoms. The monoisotopic (exact) mass is 346 g/mol. The third-order valence-electron chi connectivity index (χ3n) is 2.24. The van der Waals surface area contributed by atoms with Crippen LogP contribution in [0, 0.1) is 0 Å². The molecule has 0 N–H and O–H groups in total. The average molecular weight is 346 g/mol. The molecule has 0 aliphatic carbocycles. The summed E-state index contributed by atoms with van der Waals surface area (Å²) in [6, 6.07) is 0. The lowest BCUT2D eigenvalue weighted by molar-refractivity contribution is -0.464. The Bertz CT molecular complexity index is 357. The standard InChI is InChI=1S/C8H6F12O/c1-2-4(10,7(16,17)18)8(19,20)21-6(14,15)3(9)5(11,12)13/h3H,2H2,1H3. The first-order valence-corrected chi connectivity index (χ1v) is 4.84. The largest absolute Gasteiger partial charge is 0.431 e. The molecule has 0 amide bonds. The molecule has 0 rings (SSSR count). The SMILES string of the molecule is CCC(F)(C(F)(F)F)C(F)(F)OC(F)(F)C(F)C(F)(F)F. The van der Waals surface area contributed by atoms with Crippen molar-refractivity contribution in [2.45, 2.75) is 49.8 Å². The van der Waals surface area contributed by atoms with Gasteiger partial charge in [0.1, 0.15) is 0 Å². The van der Waals surface area contributed by atoms with E-state index in [4.69, 9.17) is 0 Å². The van der Waals surface area contributed by atoms with Crippen LogP contribution in [0.2, 0.25) is 0 Å². The second-order valence-electron chi connectivity index (χ2n) is 3.74. The summed E-state index contributed by atoms with van der Waals surface area (Å²) < 4.78 is 149. The average Bonchev–Trinajstić information content (AvgIpc) is 2.22. The minimum Gasteiger partial charge on any atom is -0.250 e. The molecule has 128 valence electrons. The predicted octanol–water partition coefficient (Wildman–Crippen LogP) is 4.77. The summed E-state index contributed by atoms with van der Waals surface area (Å²) in [5.74, 6) is 0. The van der Waals surface area contributed by atoms with Crippen molar-refractivity contribution in [3.05, 3.63) is 0 Å². The van der Waals surface area contributed by atoms with Gasteiger partial charge in [-0.3, -0.25) is 0 Å². The second kappa shape index (κ2) is 5.39. The zero-order valence-corrected chi connectivity index (χ0v) is 9.73. The summed E-state index contributed by atoms with van der Waals surface area (Å²) in [6.07, 6.45) is -33.3. The Hall–Kier alpha value is -0.880. The Morgan fingerprint density at radius 1 is 0.810 bits per heavy atom. The molecule has 0 radical (unpaired) electrons. The van der Waals surface area contributed by atoms with Gasteiger partial charge in [-0.05, 0) is 6.42 Å². The Morgan fingerprint density at radius 2 is 1.19 bits per heavy atom. The molecule has 0 fully saturated rings. The second-order valence-corrected chi connectivity index (χ2v) is 3.74. The summed E-state index contributed by atoms with van der Waals surface area (Å²) in [4.78, 5) is 0. The van der Waals surface area contributed by atoms with Crippen LogP contribution in [0.3, 0.4) is 0 Å². The van der Waals surface area contributed by atoms with E-state index in [1.54, 1.807) is 0 Å². The normalized spacial score (nSPS) is 19.3. The smallest absolute Gasteiger partial charge is 0.250 e. The number of alkyl halides is 12. The highest BCUT2D eigenvalue weighted by Gasteiger charge is 2.75. The first-order chi connectivity index (χ1) is 8.92. The van der Waals surface area contributed by atoms with Crippen LogP contribution >= 0.6 is 0 Å². The third kappa shape index (κ3) is 3.86. The molecule has 0 heterocycles.